The number of ether oxygens (including phenoxy) is 1. The lowest BCUT2D eigenvalue weighted by Gasteiger charge is -2.12. The Balaban J connectivity index is 2.00. The molecule has 0 bridgehead atoms. The summed E-state index contributed by atoms with van der Waals surface area (Å²) >= 11 is 0. The number of hydrogen-bond donors (Lipinski definition) is 1. The molecule has 0 unspecified atom stereocenters. The first-order chi connectivity index (χ1) is 13.5. The fourth-order valence-electron chi connectivity index (χ4n) is 2.76. The molecule has 8 heteroatoms. The molecule has 0 saturated heterocycles. The van der Waals surface area contributed by atoms with Gasteiger partial charge < -0.3 is 10.1 Å². The molecule has 0 saturated carbocycles. The van der Waals surface area contributed by atoms with Gasteiger partial charge in [-0.05, 0) is 25.0 Å². The summed E-state index contributed by atoms with van der Waals surface area (Å²) in [4.78, 5) is 32.7. The van der Waals surface area contributed by atoms with E-state index in [-0.39, 0.29) is 17.0 Å². The summed E-state index contributed by atoms with van der Waals surface area (Å²) in [7, 11) is 0. The molecule has 2 heterocycles. The zero-order chi connectivity index (χ0) is 20.1. The van der Waals surface area contributed by atoms with Crippen molar-refractivity contribution in [2.24, 2.45) is 0 Å². The largest absolute Gasteiger partial charge is 0.426 e. The molecule has 1 amide bonds. The summed E-state index contributed by atoms with van der Waals surface area (Å²) in [6.45, 7) is 3.35. The van der Waals surface area contributed by atoms with Gasteiger partial charge in [0.25, 0.3) is 5.91 Å². The zero-order valence-electron chi connectivity index (χ0n) is 15.6. The highest BCUT2D eigenvalue weighted by Gasteiger charge is 2.17. The lowest BCUT2D eigenvalue weighted by atomic mass is 10.1. The Morgan fingerprint density at radius 1 is 1.32 bits per heavy atom. The molecule has 0 aliphatic heterocycles. The van der Waals surface area contributed by atoms with Crippen LogP contribution in [0.25, 0.3) is 5.65 Å². The molecule has 3 rings (SSSR count). The zero-order valence-corrected chi connectivity index (χ0v) is 15.6. The van der Waals surface area contributed by atoms with Crippen LogP contribution >= 0.6 is 0 Å². The smallest absolute Gasteiger partial charge is 0.308 e. The number of carbonyl (C=O) groups is 2. The molecule has 2 aromatic heterocycles. The number of benzene rings is 1. The van der Waals surface area contributed by atoms with Crippen LogP contribution in [-0.2, 0) is 11.2 Å². The molecule has 8 nitrogen and oxygen atoms in total. The number of fused-ring (bicyclic) bond motifs is 1. The van der Waals surface area contributed by atoms with E-state index in [4.69, 9.17) is 4.74 Å². The third kappa shape index (κ3) is 3.99. The van der Waals surface area contributed by atoms with Crippen molar-refractivity contribution < 1.29 is 14.3 Å². The third-order valence-electron chi connectivity index (χ3n) is 4.07. The molecule has 1 aromatic carbocycles. The van der Waals surface area contributed by atoms with Gasteiger partial charge in [-0.15, -0.1) is 0 Å². The monoisotopic (exact) mass is 377 g/mol. The Labute approximate surface area is 161 Å². The van der Waals surface area contributed by atoms with Crippen LogP contribution < -0.4 is 10.1 Å². The van der Waals surface area contributed by atoms with Gasteiger partial charge in [0.05, 0.1) is 5.56 Å². The summed E-state index contributed by atoms with van der Waals surface area (Å²) in [5.41, 5.74) is 1.56. The van der Waals surface area contributed by atoms with Crippen LogP contribution in [0.1, 0.15) is 48.4 Å². The summed E-state index contributed by atoms with van der Waals surface area (Å²) in [5.74, 6) is -0.347. The fraction of sp³-hybridized carbons (Fsp3) is 0.250. The van der Waals surface area contributed by atoms with Crippen molar-refractivity contribution in [1.82, 2.24) is 14.4 Å². The quantitative estimate of drug-likeness (QED) is 0.522. The lowest BCUT2D eigenvalue weighted by Crippen LogP contribution is -2.17. The average molecular weight is 377 g/mol. The number of nitrogens with one attached hydrogen (secondary N) is 1. The molecule has 0 atom stereocenters. The van der Waals surface area contributed by atoms with Gasteiger partial charge in [-0.1, -0.05) is 25.5 Å². The van der Waals surface area contributed by atoms with E-state index in [1.54, 1.807) is 34.7 Å². The second-order valence-electron chi connectivity index (χ2n) is 6.18. The fourth-order valence-corrected chi connectivity index (χ4v) is 2.76. The van der Waals surface area contributed by atoms with Crippen LogP contribution in [0.2, 0.25) is 0 Å². The Hall–Kier alpha value is -3.73. The second-order valence-corrected chi connectivity index (χ2v) is 6.18. The van der Waals surface area contributed by atoms with Gasteiger partial charge in [0.1, 0.15) is 24.0 Å². The standard InChI is InChI=1S/C20H19N5O3/c1-3-4-7-14-10-18(25-12-22-16(11-21)19(25)23-14)24-20(27)15-8-5-6-9-17(15)28-13(2)26/h5-6,8-10,12H,3-4,7H2,1-2H3,(H,24,27). The molecule has 0 spiro atoms. The van der Waals surface area contributed by atoms with Crippen LogP contribution in [0, 0.1) is 11.3 Å². The number of esters is 1. The van der Waals surface area contributed by atoms with Crippen LogP contribution in [0.4, 0.5) is 5.82 Å². The van der Waals surface area contributed by atoms with Crippen molar-refractivity contribution in [3.63, 3.8) is 0 Å². The number of rotatable bonds is 6. The first kappa shape index (κ1) is 19.0. The maximum absolute atomic E-state index is 12.8. The maximum Gasteiger partial charge on any atom is 0.308 e. The normalized spacial score (nSPS) is 10.5. The highest BCUT2D eigenvalue weighted by atomic mass is 16.5. The topological polar surface area (TPSA) is 109 Å². The molecule has 0 radical (unpaired) electrons. The van der Waals surface area contributed by atoms with E-state index in [1.165, 1.54) is 13.3 Å². The number of aromatic nitrogens is 3. The number of nitrogens with zero attached hydrogens (tertiary/aromatic N) is 4. The Morgan fingerprint density at radius 2 is 2.11 bits per heavy atom. The summed E-state index contributed by atoms with van der Waals surface area (Å²) in [6.07, 6.45) is 4.09. The van der Waals surface area contributed by atoms with E-state index in [0.717, 1.165) is 25.0 Å². The van der Waals surface area contributed by atoms with Gasteiger partial charge in [0, 0.05) is 18.7 Å². The number of anilines is 1. The predicted octanol–water partition coefficient (Wildman–Crippen LogP) is 3.12. The molecular weight excluding hydrogens is 358 g/mol. The number of unbranched alkanes of at least 4 members (excludes halogenated alkanes) is 1. The molecule has 0 fully saturated rings. The van der Waals surface area contributed by atoms with Gasteiger partial charge in [0.15, 0.2) is 11.3 Å². The molecule has 3 aromatic rings. The van der Waals surface area contributed by atoms with Crippen molar-refractivity contribution in [3.05, 3.63) is 53.6 Å². The predicted molar refractivity (Wildman–Crippen MR) is 102 cm³/mol. The summed E-state index contributed by atoms with van der Waals surface area (Å²) in [5, 5.41) is 12.1. The molecule has 0 aliphatic rings. The number of nitriles is 1. The van der Waals surface area contributed by atoms with Crippen LogP contribution in [-0.4, -0.2) is 26.2 Å². The lowest BCUT2D eigenvalue weighted by molar-refractivity contribution is -0.131. The van der Waals surface area contributed by atoms with Gasteiger partial charge >= 0.3 is 5.97 Å². The SMILES string of the molecule is CCCCc1cc(NC(=O)c2ccccc2OC(C)=O)n2cnc(C#N)c2n1. The number of hydrogen-bond acceptors (Lipinski definition) is 6. The van der Waals surface area contributed by atoms with E-state index < -0.39 is 11.9 Å². The number of para-hydroxylation sites is 1. The molecular formula is C20H19N5O3. The van der Waals surface area contributed by atoms with Crippen molar-refractivity contribution in [2.75, 3.05) is 5.32 Å². The van der Waals surface area contributed by atoms with Crippen molar-refractivity contribution in [3.8, 4) is 11.8 Å². The van der Waals surface area contributed by atoms with E-state index in [2.05, 4.69) is 22.2 Å². The molecule has 1 N–H and O–H groups in total. The Kier molecular flexibility index (Phi) is 5.65. The minimum atomic E-state index is -0.512. The Bertz CT molecular complexity index is 1080. The minimum absolute atomic E-state index is 0.173. The van der Waals surface area contributed by atoms with E-state index in [0.29, 0.717) is 11.5 Å². The highest BCUT2D eigenvalue weighted by Crippen LogP contribution is 2.22. The van der Waals surface area contributed by atoms with E-state index in [1.807, 2.05) is 6.07 Å². The van der Waals surface area contributed by atoms with E-state index in [9.17, 15) is 14.9 Å². The van der Waals surface area contributed by atoms with Crippen molar-refractivity contribution in [1.29, 1.82) is 5.26 Å². The Morgan fingerprint density at radius 3 is 2.82 bits per heavy atom. The minimum Gasteiger partial charge on any atom is -0.426 e. The second kappa shape index (κ2) is 8.31. The van der Waals surface area contributed by atoms with Gasteiger partial charge in [-0.25, -0.2) is 9.97 Å². The first-order valence-electron chi connectivity index (χ1n) is 8.89. The molecule has 0 aliphatic carbocycles. The molecule has 28 heavy (non-hydrogen) atoms. The van der Waals surface area contributed by atoms with Crippen molar-refractivity contribution in [2.45, 2.75) is 33.1 Å². The first-order valence-corrected chi connectivity index (χ1v) is 8.89. The third-order valence-corrected chi connectivity index (χ3v) is 4.07. The van der Waals surface area contributed by atoms with Crippen LogP contribution in [0.3, 0.4) is 0 Å². The molecule has 142 valence electrons. The number of carbonyl (C=O) groups excluding carboxylic acids is 2. The van der Waals surface area contributed by atoms with Crippen LogP contribution in [0.15, 0.2) is 36.7 Å². The average Bonchev–Trinajstić information content (AvgIpc) is 3.09. The van der Waals surface area contributed by atoms with E-state index >= 15 is 0 Å². The summed E-state index contributed by atoms with van der Waals surface area (Å²) < 4.78 is 6.67. The number of amides is 1. The number of imidazole rings is 1. The van der Waals surface area contributed by atoms with Crippen molar-refractivity contribution >= 4 is 23.3 Å². The van der Waals surface area contributed by atoms with Gasteiger partial charge in [-0.3, -0.25) is 14.0 Å². The maximum atomic E-state index is 12.8. The van der Waals surface area contributed by atoms with Crippen LogP contribution in [0.5, 0.6) is 5.75 Å². The van der Waals surface area contributed by atoms with Gasteiger partial charge in [0.2, 0.25) is 0 Å². The highest BCUT2D eigenvalue weighted by molar-refractivity contribution is 6.06. The summed E-state index contributed by atoms with van der Waals surface area (Å²) in [6, 6.07) is 10.3. The number of aryl methyl sites for hydroxylation is 1. The van der Waals surface area contributed by atoms with Gasteiger partial charge in [-0.2, -0.15) is 5.26 Å².